The molecule has 0 radical (unpaired) electrons. The lowest BCUT2D eigenvalue weighted by atomic mass is 9.91. The third-order valence-electron chi connectivity index (χ3n) is 7.17. The number of fused-ring (bicyclic) bond motifs is 4. The monoisotopic (exact) mass is 483 g/mol. The fourth-order valence-electron chi connectivity index (χ4n) is 5.23. The maximum Gasteiger partial charge on any atom is 0.0991 e. The molecule has 0 aliphatic heterocycles. The molecule has 0 saturated carbocycles. The summed E-state index contributed by atoms with van der Waals surface area (Å²) in [7, 11) is 0. The zero-order chi connectivity index (χ0) is 25.5. The largest absolute Gasteiger partial charge is 0.254 e. The maximum absolute atomic E-state index is 9.16. The fourth-order valence-corrected chi connectivity index (χ4v) is 5.23. The van der Waals surface area contributed by atoms with Gasteiger partial charge in [0.1, 0.15) is 0 Å². The molecule has 0 spiro atoms. The van der Waals surface area contributed by atoms with E-state index in [9.17, 15) is 0 Å². The van der Waals surface area contributed by atoms with Crippen LogP contribution in [0.2, 0.25) is 0 Å². The molecule has 0 atom stereocenters. The second kappa shape index (κ2) is 8.96. The van der Waals surface area contributed by atoms with E-state index in [1.54, 1.807) is 0 Å². The van der Waals surface area contributed by atoms with Gasteiger partial charge in [0, 0.05) is 22.5 Å². The molecule has 2 aromatic heterocycles. The van der Waals surface area contributed by atoms with Crippen molar-refractivity contribution in [3.63, 3.8) is 0 Å². The molecule has 7 aromatic rings. The summed E-state index contributed by atoms with van der Waals surface area (Å²) in [5.41, 5.74) is 9.13. The first-order chi connectivity index (χ1) is 18.8. The molecule has 38 heavy (non-hydrogen) atoms. The van der Waals surface area contributed by atoms with E-state index in [1.807, 2.05) is 36.5 Å². The maximum atomic E-state index is 9.16. The third-order valence-corrected chi connectivity index (χ3v) is 7.17. The van der Waals surface area contributed by atoms with Crippen LogP contribution < -0.4 is 0 Å². The molecular formula is C35H21N3. The fraction of sp³-hybridized carbons (Fsp3) is 0. The van der Waals surface area contributed by atoms with Crippen LogP contribution in [-0.4, -0.2) is 9.97 Å². The van der Waals surface area contributed by atoms with Crippen LogP contribution in [-0.2, 0) is 0 Å². The lowest BCUT2D eigenvalue weighted by molar-refractivity contribution is 1.37. The number of pyridine rings is 2. The number of rotatable bonds is 3. The van der Waals surface area contributed by atoms with Gasteiger partial charge in [-0.05, 0) is 57.3 Å². The number of nitrogens with zero attached hydrogens (tertiary/aromatic N) is 3. The highest BCUT2D eigenvalue weighted by Crippen LogP contribution is 2.36. The molecule has 0 N–H and O–H groups in total. The quantitative estimate of drug-likeness (QED) is 0.236. The minimum atomic E-state index is 0.667. The highest BCUT2D eigenvalue weighted by atomic mass is 14.7. The van der Waals surface area contributed by atoms with E-state index in [2.05, 4.69) is 102 Å². The van der Waals surface area contributed by atoms with E-state index in [1.165, 1.54) is 16.3 Å². The molecule has 0 aliphatic rings. The molecule has 0 saturated heterocycles. The van der Waals surface area contributed by atoms with E-state index in [0.717, 1.165) is 49.8 Å². The lowest BCUT2D eigenvalue weighted by Crippen LogP contribution is -1.89. The first-order valence-electron chi connectivity index (χ1n) is 12.6. The van der Waals surface area contributed by atoms with Gasteiger partial charge in [-0.3, -0.25) is 4.98 Å². The van der Waals surface area contributed by atoms with Crippen LogP contribution in [0.4, 0.5) is 0 Å². The Morgan fingerprint density at radius 1 is 0.500 bits per heavy atom. The Balaban J connectivity index is 1.29. The minimum Gasteiger partial charge on any atom is -0.254 e. The Morgan fingerprint density at radius 2 is 1.08 bits per heavy atom. The Morgan fingerprint density at radius 3 is 1.74 bits per heavy atom. The molecule has 5 aromatic carbocycles. The van der Waals surface area contributed by atoms with Crippen LogP contribution in [0.25, 0.3) is 66.1 Å². The van der Waals surface area contributed by atoms with E-state index >= 15 is 0 Å². The lowest BCUT2D eigenvalue weighted by Gasteiger charge is -2.13. The predicted octanol–water partition coefficient (Wildman–Crippen LogP) is 8.81. The highest BCUT2D eigenvalue weighted by Gasteiger charge is 2.11. The van der Waals surface area contributed by atoms with Gasteiger partial charge < -0.3 is 0 Å². The normalized spacial score (nSPS) is 11.1. The van der Waals surface area contributed by atoms with Gasteiger partial charge in [-0.1, -0.05) is 97.1 Å². The molecular weight excluding hydrogens is 462 g/mol. The van der Waals surface area contributed by atoms with Crippen molar-refractivity contribution in [1.29, 1.82) is 5.26 Å². The van der Waals surface area contributed by atoms with Crippen molar-refractivity contribution in [3.8, 4) is 39.6 Å². The highest BCUT2D eigenvalue weighted by molar-refractivity contribution is 6.05. The van der Waals surface area contributed by atoms with Crippen molar-refractivity contribution < 1.29 is 0 Å². The second-order valence-electron chi connectivity index (χ2n) is 9.38. The van der Waals surface area contributed by atoms with Crippen molar-refractivity contribution in [1.82, 2.24) is 9.97 Å². The molecule has 0 bridgehead atoms. The topological polar surface area (TPSA) is 49.6 Å². The molecule has 3 nitrogen and oxygen atoms in total. The van der Waals surface area contributed by atoms with Gasteiger partial charge in [-0.25, -0.2) is 4.98 Å². The molecule has 2 heterocycles. The standard InChI is InChI=1S/C35H21N3/c36-22-23-7-9-24(10-8-23)29-18-19-30(32-6-2-1-5-31(29)32)25-11-13-26(14-12-25)33-20-17-28-16-15-27-4-3-21-37-34(27)35(28)38-33/h1-21H. The first-order valence-corrected chi connectivity index (χ1v) is 12.6. The smallest absolute Gasteiger partial charge is 0.0991 e. The van der Waals surface area contributed by atoms with Crippen LogP contribution in [0.3, 0.4) is 0 Å². The number of hydrogen-bond donors (Lipinski definition) is 0. The summed E-state index contributed by atoms with van der Waals surface area (Å²) in [4.78, 5) is 9.59. The Hall–Kier alpha value is -5.33. The number of aromatic nitrogens is 2. The minimum absolute atomic E-state index is 0.667. The Labute approximate surface area is 220 Å². The zero-order valence-electron chi connectivity index (χ0n) is 20.5. The Bertz CT molecular complexity index is 2020. The van der Waals surface area contributed by atoms with Gasteiger partial charge >= 0.3 is 0 Å². The second-order valence-corrected chi connectivity index (χ2v) is 9.38. The van der Waals surface area contributed by atoms with Crippen molar-refractivity contribution in [3.05, 3.63) is 133 Å². The summed E-state index contributed by atoms with van der Waals surface area (Å²) in [6, 6.07) is 43.9. The molecule has 176 valence electrons. The molecule has 0 fully saturated rings. The summed E-state index contributed by atoms with van der Waals surface area (Å²) < 4.78 is 0. The van der Waals surface area contributed by atoms with E-state index < -0.39 is 0 Å². The average Bonchev–Trinajstić information content (AvgIpc) is 3.00. The molecule has 0 amide bonds. The van der Waals surface area contributed by atoms with E-state index in [4.69, 9.17) is 10.2 Å². The number of nitriles is 1. The van der Waals surface area contributed by atoms with Crippen molar-refractivity contribution in [2.24, 2.45) is 0 Å². The number of benzene rings is 5. The molecule has 7 rings (SSSR count). The van der Waals surface area contributed by atoms with E-state index in [-0.39, 0.29) is 0 Å². The van der Waals surface area contributed by atoms with Crippen molar-refractivity contribution >= 4 is 32.6 Å². The molecule has 0 unspecified atom stereocenters. The van der Waals surface area contributed by atoms with Gasteiger partial charge in [0.2, 0.25) is 0 Å². The summed E-state index contributed by atoms with van der Waals surface area (Å²) in [6.07, 6.45) is 1.82. The summed E-state index contributed by atoms with van der Waals surface area (Å²) in [5, 5.41) is 13.7. The molecule has 0 aliphatic carbocycles. The SMILES string of the molecule is N#Cc1ccc(-c2ccc(-c3ccc(-c4ccc5ccc6cccnc6c5n4)cc3)c3ccccc23)cc1. The van der Waals surface area contributed by atoms with Crippen molar-refractivity contribution in [2.45, 2.75) is 0 Å². The van der Waals surface area contributed by atoms with Crippen LogP contribution >= 0.6 is 0 Å². The third kappa shape index (κ3) is 3.68. The van der Waals surface area contributed by atoms with Crippen LogP contribution in [0, 0.1) is 11.3 Å². The van der Waals surface area contributed by atoms with Gasteiger partial charge in [0.25, 0.3) is 0 Å². The zero-order valence-corrected chi connectivity index (χ0v) is 20.5. The Kier molecular flexibility index (Phi) is 5.17. The number of hydrogen-bond acceptors (Lipinski definition) is 3. The van der Waals surface area contributed by atoms with Gasteiger partial charge in [-0.15, -0.1) is 0 Å². The van der Waals surface area contributed by atoms with Gasteiger partial charge in [-0.2, -0.15) is 5.26 Å². The van der Waals surface area contributed by atoms with Crippen LogP contribution in [0.15, 0.2) is 128 Å². The first kappa shape index (κ1) is 21.9. The average molecular weight is 484 g/mol. The summed E-state index contributed by atoms with van der Waals surface area (Å²) >= 11 is 0. The van der Waals surface area contributed by atoms with E-state index in [0.29, 0.717) is 5.56 Å². The predicted molar refractivity (Wildman–Crippen MR) is 156 cm³/mol. The summed E-state index contributed by atoms with van der Waals surface area (Å²) in [6.45, 7) is 0. The van der Waals surface area contributed by atoms with Gasteiger partial charge in [0.15, 0.2) is 0 Å². The summed E-state index contributed by atoms with van der Waals surface area (Å²) in [5.74, 6) is 0. The van der Waals surface area contributed by atoms with Crippen LogP contribution in [0.5, 0.6) is 0 Å². The van der Waals surface area contributed by atoms with Gasteiger partial charge in [0.05, 0.1) is 28.4 Å². The van der Waals surface area contributed by atoms with Crippen molar-refractivity contribution in [2.75, 3.05) is 0 Å². The van der Waals surface area contributed by atoms with Crippen LogP contribution in [0.1, 0.15) is 5.56 Å². The molecule has 3 heteroatoms.